The van der Waals surface area contributed by atoms with Crippen molar-refractivity contribution in [2.24, 2.45) is 0 Å². The maximum atomic E-state index is 13.0. The van der Waals surface area contributed by atoms with E-state index in [1.54, 1.807) is 25.1 Å². The third kappa shape index (κ3) is 5.50. The van der Waals surface area contributed by atoms with Crippen LogP contribution >= 0.6 is 0 Å². The molecular formula is C21H25F2N3O4S. The van der Waals surface area contributed by atoms with E-state index in [-0.39, 0.29) is 16.2 Å². The zero-order valence-corrected chi connectivity index (χ0v) is 18.2. The molecule has 2 aromatic rings. The lowest BCUT2D eigenvalue weighted by Gasteiger charge is -2.26. The first kappa shape index (κ1) is 23.0. The molecule has 1 N–H and O–H groups in total. The van der Waals surface area contributed by atoms with Crippen molar-refractivity contribution in [1.82, 2.24) is 4.31 Å². The highest BCUT2D eigenvalue weighted by Gasteiger charge is 2.27. The van der Waals surface area contributed by atoms with Gasteiger partial charge in [0.05, 0.1) is 16.3 Å². The van der Waals surface area contributed by atoms with E-state index >= 15 is 0 Å². The average molecular weight is 454 g/mol. The molecule has 1 aliphatic heterocycles. The molecule has 1 saturated heterocycles. The third-order valence-electron chi connectivity index (χ3n) is 4.97. The number of ether oxygens (including phenoxy) is 1. The van der Waals surface area contributed by atoms with E-state index in [1.165, 1.54) is 40.7 Å². The number of piperidine rings is 1. The Hall–Kier alpha value is -2.72. The van der Waals surface area contributed by atoms with Gasteiger partial charge in [-0.3, -0.25) is 4.79 Å². The number of halogens is 2. The molecule has 10 heteroatoms. The highest BCUT2D eigenvalue weighted by Crippen LogP contribution is 2.30. The monoisotopic (exact) mass is 453 g/mol. The molecule has 7 nitrogen and oxygen atoms in total. The van der Waals surface area contributed by atoms with Crippen molar-refractivity contribution in [2.45, 2.75) is 30.8 Å². The topological polar surface area (TPSA) is 79.0 Å². The summed E-state index contributed by atoms with van der Waals surface area (Å²) < 4.78 is 56.8. The molecule has 1 amide bonds. The van der Waals surface area contributed by atoms with Crippen LogP contribution in [0.15, 0.2) is 47.4 Å². The SMILES string of the molecule is CN(C)c1ccc(S(=O)(=O)N2CCCCC2)cc1NC(=O)c1cccc(OC(F)F)c1. The van der Waals surface area contributed by atoms with Gasteiger partial charge in [-0.05, 0) is 49.2 Å². The summed E-state index contributed by atoms with van der Waals surface area (Å²) in [7, 11) is -0.158. The van der Waals surface area contributed by atoms with Gasteiger partial charge in [-0.1, -0.05) is 12.5 Å². The van der Waals surface area contributed by atoms with Gasteiger partial charge < -0.3 is 15.0 Å². The number of hydrogen-bond donors (Lipinski definition) is 1. The summed E-state index contributed by atoms with van der Waals surface area (Å²) in [4.78, 5) is 14.6. The van der Waals surface area contributed by atoms with E-state index in [9.17, 15) is 22.0 Å². The van der Waals surface area contributed by atoms with Crippen molar-refractivity contribution in [3.8, 4) is 5.75 Å². The molecule has 31 heavy (non-hydrogen) atoms. The van der Waals surface area contributed by atoms with Crippen LogP contribution in [0.1, 0.15) is 29.6 Å². The molecule has 0 aliphatic carbocycles. The lowest BCUT2D eigenvalue weighted by atomic mass is 10.2. The molecule has 0 spiro atoms. The van der Waals surface area contributed by atoms with E-state index in [2.05, 4.69) is 10.1 Å². The first-order valence-electron chi connectivity index (χ1n) is 9.86. The number of alkyl halides is 2. The van der Waals surface area contributed by atoms with Gasteiger partial charge in [0.2, 0.25) is 10.0 Å². The van der Waals surface area contributed by atoms with E-state index in [4.69, 9.17) is 0 Å². The number of rotatable bonds is 7. The second kappa shape index (κ2) is 9.61. The van der Waals surface area contributed by atoms with Crippen LogP contribution in [-0.2, 0) is 10.0 Å². The van der Waals surface area contributed by atoms with Crippen molar-refractivity contribution < 1.29 is 26.7 Å². The Kier molecular flexibility index (Phi) is 7.11. The molecule has 2 aromatic carbocycles. The van der Waals surface area contributed by atoms with Crippen molar-refractivity contribution in [2.75, 3.05) is 37.4 Å². The fourth-order valence-corrected chi connectivity index (χ4v) is 4.97. The van der Waals surface area contributed by atoms with Crippen molar-refractivity contribution in [3.63, 3.8) is 0 Å². The quantitative estimate of drug-likeness (QED) is 0.690. The molecule has 0 unspecified atom stereocenters. The minimum absolute atomic E-state index is 0.0880. The zero-order valence-electron chi connectivity index (χ0n) is 17.3. The summed E-state index contributed by atoms with van der Waals surface area (Å²) in [5, 5.41) is 2.70. The number of anilines is 2. The Morgan fingerprint density at radius 2 is 1.81 bits per heavy atom. The number of hydrogen-bond acceptors (Lipinski definition) is 5. The van der Waals surface area contributed by atoms with E-state index in [1.807, 2.05) is 0 Å². The molecule has 1 heterocycles. The summed E-state index contributed by atoms with van der Waals surface area (Å²) in [6.45, 7) is -2.07. The summed E-state index contributed by atoms with van der Waals surface area (Å²) in [5.74, 6) is -0.716. The minimum atomic E-state index is -3.69. The molecule has 0 atom stereocenters. The Labute approximate surface area is 180 Å². The molecule has 0 bridgehead atoms. The Morgan fingerprint density at radius 3 is 2.45 bits per heavy atom. The Morgan fingerprint density at radius 1 is 1.10 bits per heavy atom. The van der Waals surface area contributed by atoms with Gasteiger partial charge in [-0.25, -0.2) is 8.42 Å². The lowest BCUT2D eigenvalue weighted by Crippen LogP contribution is -2.35. The molecule has 0 saturated carbocycles. The normalized spacial score (nSPS) is 15.0. The van der Waals surface area contributed by atoms with Gasteiger partial charge in [-0.15, -0.1) is 0 Å². The molecule has 1 aliphatic rings. The van der Waals surface area contributed by atoms with E-state index in [0.717, 1.165) is 19.3 Å². The first-order valence-corrected chi connectivity index (χ1v) is 11.3. The number of benzene rings is 2. The van der Waals surface area contributed by atoms with E-state index < -0.39 is 22.5 Å². The molecule has 0 radical (unpaired) electrons. The summed E-state index contributed by atoms with van der Waals surface area (Å²) >= 11 is 0. The molecule has 3 rings (SSSR count). The highest BCUT2D eigenvalue weighted by molar-refractivity contribution is 7.89. The predicted molar refractivity (Wildman–Crippen MR) is 114 cm³/mol. The van der Waals surface area contributed by atoms with Gasteiger partial charge in [0, 0.05) is 32.7 Å². The van der Waals surface area contributed by atoms with Crippen LogP contribution in [0, 0.1) is 0 Å². The van der Waals surface area contributed by atoms with Crippen molar-refractivity contribution >= 4 is 27.3 Å². The molecule has 1 fully saturated rings. The summed E-state index contributed by atoms with van der Waals surface area (Å²) in [6.07, 6.45) is 2.63. The van der Waals surface area contributed by atoms with Crippen LogP contribution in [0.5, 0.6) is 5.75 Å². The number of carbonyl (C=O) groups excluding carboxylic acids is 1. The predicted octanol–water partition coefficient (Wildman–Crippen LogP) is 3.78. The van der Waals surface area contributed by atoms with Gasteiger partial charge in [0.1, 0.15) is 5.75 Å². The average Bonchev–Trinajstić information content (AvgIpc) is 2.74. The molecule has 168 valence electrons. The van der Waals surface area contributed by atoms with Gasteiger partial charge >= 0.3 is 6.61 Å². The maximum absolute atomic E-state index is 13.0. The number of sulfonamides is 1. The Balaban J connectivity index is 1.90. The third-order valence-corrected chi connectivity index (χ3v) is 6.87. The first-order chi connectivity index (χ1) is 14.7. The van der Waals surface area contributed by atoms with Crippen LogP contribution in [0.25, 0.3) is 0 Å². The van der Waals surface area contributed by atoms with Crippen molar-refractivity contribution in [3.05, 3.63) is 48.0 Å². The second-order valence-corrected chi connectivity index (χ2v) is 9.34. The van der Waals surface area contributed by atoms with E-state index in [0.29, 0.717) is 24.5 Å². The fraction of sp³-hybridized carbons (Fsp3) is 0.381. The largest absolute Gasteiger partial charge is 0.435 e. The number of nitrogens with one attached hydrogen (secondary N) is 1. The standard InChI is InChI=1S/C21H25F2N3O4S/c1-25(2)19-10-9-17(31(28,29)26-11-4-3-5-12-26)14-18(19)24-20(27)15-7-6-8-16(13-15)30-21(22)23/h6-10,13-14,21H,3-5,11-12H2,1-2H3,(H,24,27). The van der Waals surface area contributed by atoms with Gasteiger partial charge in [0.25, 0.3) is 5.91 Å². The summed E-state index contributed by atoms with van der Waals surface area (Å²) in [6, 6.07) is 9.98. The lowest BCUT2D eigenvalue weighted by molar-refractivity contribution is -0.0498. The number of carbonyl (C=O) groups is 1. The maximum Gasteiger partial charge on any atom is 0.387 e. The molecule has 0 aromatic heterocycles. The fourth-order valence-electron chi connectivity index (χ4n) is 3.43. The molecular weight excluding hydrogens is 428 g/mol. The van der Waals surface area contributed by atoms with Crippen LogP contribution < -0.4 is 15.0 Å². The van der Waals surface area contributed by atoms with Crippen LogP contribution in [0.3, 0.4) is 0 Å². The van der Waals surface area contributed by atoms with Gasteiger partial charge in [0.15, 0.2) is 0 Å². The van der Waals surface area contributed by atoms with Gasteiger partial charge in [-0.2, -0.15) is 13.1 Å². The number of nitrogens with zero attached hydrogens (tertiary/aromatic N) is 2. The summed E-state index contributed by atoms with van der Waals surface area (Å²) in [5.41, 5.74) is 1.01. The van der Waals surface area contributed by atoms with Crippen molar-refractivity contribution in [1.29, 1.82) is 0 Å². The second-order valence-electron chi connectivity index (χ2n) is 7.40. The minimum Gasteiger partial charge on any atom is -0.435 e. The van der Waals surface area contributed by atoms with Crippen LogP contribution in [-0.4, -0.2) is 52.4 Å². The van der Waals surface area contributed by atoms with Crippen LogP contribution in [0.4, 0.5) is 20.2 Å². The smallest absolute Gasteiger partial charge is 0.387 e. The van der Waals surface area contributed by atoms with Crippen LogP contribution in [0.2, 0.25) is 0 Å². The zero-order chi connectivity index (χ0) is 22.6. The number of amides is 1. The Bertz CT molecular complexity index is 1040. The highest BCUT2D eigenvalue weighted by atomic mass is 32.2.